The van der Waals surface area contributed by atoms with Crippen LogP contribution in [0.1, 0.15) is 29.9 Å². The molecular formula is C14H24N4OS. The second-order valence-electron chi connectivity index (χ2n) is 5.07. The number of aromatic nitrogens is 1. The van der Waals surface area contributed by atoms with Crippen molar-refractivity contribution in [1.29, 1.82) is 0 Å². The van der Waals surface area contributed by atoms with Crippen LogP contribution in [0.5, 0.6) is 0 Å². The maximum Gasteiger partial charge on any atom is 0.191 e. The van der Waals surface area contributed by atoms with Crippen LogP contribution >= 0.6 is 11.8 Å². The highest BCUT2D eigenvalue weighted by Gasteiger charge is 2.15. The van der Waals surface area contributed by atoms with E-state index >= 15 is 0 Å². The molecule has 1 fully saturated rings. The fraction of sp³-hybridized carbons (Fsp3) is 0.714. The molecule has 0 spiro atoms. The Morgan fingerprint density at radius 1 is 1.45 bits per heavy atom. The van der Waals surface area contributed by atoms with Gasteiger partial charge in [-0.25, -0.2) is 0 Å². The Balaban J connectivity index is 1.71. The molecule has 0 amide bonds. The Hall–Kier alpha value is -1.17. The average Bonchev–Trinajstić information content (AvgIpc) is 3.06. The second kappa shape index (κ2) is 7.57. The minimum atomic E-state index is 0.733. The van der Waals surface area contributed by atoms with Crippen LogP contribution in [0.15, 0.2) is 9.52 Å². The van der Waals surface area contributed by atoms with Gasteiger partial charge in [0.05, 0.1) is 5.69 Å². The van der Waals surface area contributed by atoms with Crippen molar-refractivity contribution >= 4 is 17.7 Å². The van der Waals surface area contributed by atoms with Crippen molar-refractivity contribution in [2.45, 2.75) is 38.4 Å². The molecule has 1 atom stereocenters. The van der Waals surface area contributed by atoms with Crippen LogP contribution in [0.25, 0.3) is 0 Å². The summed E-state index contributed by atoms with van der Waals surface area (Å²) in [4.78, 5) is 4.26. The standard InChI is InChI=1S/C14H24N4OS/c1-10-13(11(2)19-18-10)6-7-16-14(15-3)17-9-12-5-4-8-20-12/h12H,4-9H2,1-3H3,(H2,15,16,17). The molecule has 0 radical (unpaired) electrons. The van der Waals surface area contributed by atoms with Gasteiger partial charge in [0.2, 0.25) is 0 Å². The molecule has 0 saturated carbocycles. The van der Waals surface area contributed by atoms with Crippen molar-refractivity contribution in [3.8, 4) is 0 Å². The second-order valence-corrected chi connectivity index (χ2v) is 6.48. The molecule has 0 aromatic carbocycles. The summed E-state index contributed by atoms with van der Waals surface area (Å²) in [5.41, 5.74) is 2.17. The number of hydrogen-bond donors (Lipinski definition) is 2. The minimum absolute atomic E-state index is 0.733. The fourth-order valence-corrected chi connectivity index (χ4v) is 3.60. The first-order valence-corrected chi connectivity index (χ1v) is 8.23. The van der Waals surface area contributed by atoms with E-state index in [1.807, 2.05) is 20.9 Å². The molecule has 2 N–H and O–H groups in total. The van der Waals surface area contributed by atoms with Gasteiger partial charge in [-0.2, -0.15) is 11.8 Å². The van der Waals surface area contributed by atoms with Crippen molar-refractivity contribution in [2.75, 3.05) is 25.9 Å². The highest BCUT2D eigenvalue weighted by atomic mass is 32.2. The molecule has 2 rings (SSSR count). The van der Waals surface area contributed by atoms with E-state index in [-0.39, 0.29) is 0 Å². The lowest BCUT2D eigenvalue weighted by molar-refractivity contribution is 0.392. The minimum Gasteiger partial charge on any atom is -0.361 e. The van der Waals surface area contributed by atoms with E-state index in [1.165, 1.54) is 24.2 Å². The molecule has 6 heteroatoms. The van der Waals surface area contributed by atoms with Gasteiger partial charge < -0.3 is 15.2 Å². The lowest BCUT2D eigenvalue weighted by Gasteiger charge is -2.14. The summed E-state index contributed by atoms with van der Waals surface area (Å²) in [7, 11) is 1.81. The van der Waals surface area contributed by atoms with Crippen molar-refractivity contribution in [1.82, 2.24) is 15.8 Å². The van der Waals surface area contributed by atoms with Crippen LogP contribution in [-0.2, 0) is 6.42 Å². The van der Waals surface area contributed by atoms with Crippen molar-refractivity contribution in [3.05, 3.63) is 17.0 Å². The van der Waals surface area contributed by atoms with Gasteiger partial charge in [0.1, 0.15) is 5.76 Å². The predicted octanol–water partition coefficient (Wildman–Crippen LogP) is 1.89. The summed E-state index contributed by atoms with van der Waals surface area (Å²) >= 11 is 2.05. The Bertz CT molecular complexity index is 433. The number of hydrogen-bond acceptors (Lipinski definition) is 4. The van der Waals surface area contributed by atoms with Crippen LogP contribution in [0, 0.1) is 13.8 Å². The molecule has 2 heterocycles. The zero-order chi connectivity index (χ0) is 14.4. The number of nitrogens with zero attached hydrogens (tertiary/aromatic N) is 2. The van der Waals surface area contributed by atoms with Crippen molar-refractivity contribution in [3.63, 3.8) is 0 Å². The van der Waals surface area contributed by atoms with Gasteiger partial charge in [-0.1, -0.05) is 5.16 Å². The molecule has 1 aromatic rings. The third-order valence-electron chi connectivity index (χ3n) is 3.59. The van der Waals surface area contributed by atoms with E-state index in [0.29, 0.717) is 0 Å². The summed E-state index contributed by atoms with van der Waals surface area (Å²) in [6, 6.07) is 0. The SMILES string of the molecule is CN=C(NCCc1c(C)noc1C)NCC1CCCS1. The number of nitrogens with one attached hydrogen (secondary N) is 2. The first kappa shape index (κ1) is 15.2. The molecule has 20 heavy (non-hydrogen) atoms. The number of aliphatic imine (C=N–C) groups is 1. The lowest BCUT2D eigenvalue weighted by atomic mass is 10.1. The smallest absolute Gasteiger partial charge is 0.191 e. The van der Waals surface area contributed by atoms with Gasteiger partial charge in [0.25, 0.3) is 0 Å². The van der Waals surface area contributed by atoms with Gasteiger partial charge in [0.15, 0.2) is 5.96 Å². The quantitative estimate of drug-likeness (QED) is 0.642. The first-order chi connectivity index (χ1) is 9.70. The summed E-state index contributed by atoms with van der Waals surface area (Å²) < 4.78 is 5.17. The Morgan fingerprint density at radius 3 is 2.90 bits per heavy atom. The third kappa shape index (κ3) is 4.16. The predicted molar refractivity (Wildman–Crippen MR) is 84.5 cm³/mol. The molecule has 112 valence electrons. The van der Waals surface area contributed by atoms with E-state index in [0.717, 1.165) is 42.2 Å². The van der Waals surface area contributed by atoms with Gasteiger partial charge in [-0.3, -0.25) is 4.99 Å². The maximum absolute atomic E-state index is 5.17. The van der Waals surface area contributed by atoms with Gasteiger partial charge in [-0.15, -0.1) is 0 Å². The van der Waals surface area contributed by atoms with Gasteiger partial charge in [-0.05, 0) is 38.9 Å². The monoisotopic (exact) mass is 296 g/mol. The summed E-state index contributed by atoms with van der Waals surface area (Å²) in [6.45, 7) is 5.77. The third-order valence-corrected chi connectivity index (χ3v) is 4.99. The van der Waals surface area contributed by atoms with E-state index < -0.39 is 0 Å². The van der Waals surface area contributed by atoms with E-state index in [1.54, 1.807) is 0 Å². The highest BCUT2D eigenvalue weighted by molar-refractivity contribution is 8.00. The molecule has 1 aliphatic heterocycles. The maximum atomic E-state index is 5.17. The molecule has 0 bridgehead atoms. The largest absolute Gasteiger partial charge is 0.361 e. The first-order valence-electron chi connectivity index (χ1n) is 7.18. The van der Waals surface area contributed by atoms with Crippen LogP contribution < -0.4 is 10.6 Å². The van der Waals surface area contributed by atoms with Crippen molar-refractivity contribution in [2.24, 2.45) is 4.99 Å². The fourth-order valence-electron chi connectivity index (χ4n) is 2.40. The average molecular weight is 296 g/mol. The normalized spacial score (nSPS) is 19.4. The molecule has 1 saturated heterocycles. The highest BCUT2D eigenvalue weighted by Crippen LogP contribution is 2.25. The number of thioether (sulfide) groups is 1. The molecule has 1 aliphatic rings. The van der Waals surface area contributed by atoms with Crippen LogP contribution in [0.3, 0.4) is 0 Å². The molecule has 1 unspecified atom stereocenters. The van der Waals surface area contributed by atoms with Crippen LogP contribution in [0.2, 0.25) is 0 Å². The molecule has 1 aromatic heterocycles. The molecule has 0 aliphatic carbocycles. The van der Waals surface area contributed by atoms with Gasteiger partial charge >= 0.3 is 0 Å². The summed E-state index contributed by atoms with van der Waals surface area (Å²) in [6.07, 6.45) is 3.56. The number of aryl methyl sites for hydroxylation is 2. The lowest BCUT2D eigenvalue weighted by Crippen LogP contribution is -2.41. The molecule has 5 nitrogen and oxygen atoms in total. The Kier molecular flexibility index (Phi) is 5.76. The number of rotatable bonds is 5. The van der Waals surface area contributed by atoms with Crippen LogP contribution in [0.4, 0.5) is 0 Å². The van der Waals surface area contributed by atoms with Crippen LogP contribution in [-0.4, -0.2) is 42.3 Å². The Labute approximate surface area is 125 Å². The van der Waals surface area contributed by atoms with E-state index in [4.69, 9.17) is 4.52 Å². The summed E-state index contributed by atoms with van der Waals surface area (Å²) in [5, 5.41) is 11.4. The van der Waals surface area contributed by atoms with E-state index in [9.17, 15) is 0 Å². The van der Waals surface area contributed by atoms with Crippen molar-refractivity contribution < 1.29 is 4.52 Å². The zero-order valence-corrected chi connectivity index (χ0v) is 13.3. The Morgan fingerprint density at radius 2 is 2.30 bits per heavy atom. The zero-order valence-electron chi connectivity index (χ0n) is 12.5. The summed E-state index contributed by atoms with van der Waals surface area (Å²) in [5.74, 6) is 3.09. The topological polar surface area (TPSA) is 62.5 Å². The molecular weight excluding hydrogens is 272 g/mol. The van der Waals surface area contributed by atoms with E-state index in [2.05, 4.69) is 32.5 Å². The number of guanidine groups is 1. The van der Waals surface area contributed by atoms with Gasteiger partial charge in [0, 0.05) is 31.0 Å².